The number of allylic oxidation sites excluding steroid dienone is 1. The Morgan fingerprint density at radius 3 is 1.86 bits per heavy atom. The second-order valence-electron chi connectivity index (χ2n) is 10.2. The molecule has 3 rings (SSSR count). The SMILES string of the molecule is Cc1cc(C)cc(-c2c(C(C)(C)C)ccc3c2C=C(C(C)(C)C)[CH]3[Zr]([Cl])[Cl])c1. The van der Waals surface area contributed by atoms with Crippen LogP contribution in [-0.4, -0.2) is 0 Å². The Morgan fingerprint density at radius 1 is 0.821 bits per heavy atom. The number of hydrogen-bond acceptors (Lipinski definition) is 0. The van der Waals surface area contributed by atoms with Crippen molar-refractivity contribution >= 4 is 23.1 Å². The summed E-state index contributed by atoms with van der Waals surface area (Å²) in [6.07, 6.45) is 2.41. The van der Waals surface area contributed by atoms with Gasteiger partial charge >= 0.3 is 187 Å². The van der Waals surface area contributed by atoms with Gasteiger partial charge in [0.25, 0.3) is 0 Å². The fourth-order valence-corrected chi connectivity index (χ4v) is 10.2. The summed E-state index contributed by atoms with van der Waals surface area (Å²) < 4.78 is 0.236. The average molecular weight is 494 g/mol. The van der Waals surface area contributed by atoms with E-state index in [0.29, 0.717) is 0 Å². The van der Waals surface area contributed by atoms with Gasteiger partial charge in [0.1, 0.15) is 0 Å². The van der Waals surface area contributed by atoms with E-state index in [1.165, 1.54) is 44.5 Å². The molecule has 1 aliphatic carbocycles. The molecule has 0 spiro atoms. The fraction of sp³-hybridized carbons (Fsp3) is 0.440. The van der Waals surface area contributed by atoms with Crippen molar-refractivity contribution in [3.05, 3.63) is 63.7 Å². The van der Waals surface area contributed by atoms with Gasteiger partial charge in [-0.05, 0) is 0 Å². The Bertz CT molecular complexity index is 920. The molecule has 0 saturated carbocycles. The van der Waals surface area contributed by atoms with Gasteiger partial charge in [0, 0.05) is 0 Å². The van der Waals surface area contributed by atoms with E-state index in [0.717, 1.165) is 0 Å². The summed E-state index contributed by atoms with van der Waals surface area (Å²) in [6.45, 7) is 18.1. The van der Waals surface area contributed by atoms with E-state index in [1.54, 1.807) is 0 Å². The standard InChI is InChI=1S/C25H31.2ClH.Zr/c1-16-11-17(2)13-19(12-16)23-21-15-20(24(3,4)5)14-18(21)9-10-22(23)25(6,7)8;;;/h9-15H,1-8H3;2*1H;/q;;;+2/p-2. The molecule has 0 aliphatic heterocycles. The first kappa shape index (κ1) is 22.3. The summed E-state index contributed by atoms with van der Waals surface area (Å²) in [5, 5.41) is 0. The van der Waals surface area contributed by atoms with Crippen LogP contribution in [0.25, 0.3) is 17.2 Å². The summed E-state index contributed by atoms with van der Waals surface area (Å²) in [5.74, 6) is 0. The van der Waals surface area contributed by atoms with E-state index in [-0.39, 0.29) is 14.5 Å². The van der Waals surface area contributed by atoms with Crippen LogP contribution in [0.4, 0.5) is 0 Å². The molecule has 0 N–H and O–H groups in total. The van der Waals surface area contributed by atoms with Crippen LogP contribution in [0.5, 0.6) is 0 Å². The third kappa shape index (κ3) is 4.23. The zero-order chi connectivity index (χ0) is 21.0. The van der Waals surface area contributed by atoms with Crippen molar-refractivity contribution in [3.8, 4) is 11.1 Å². The van der Waals surface area contributed by atoms with E-state index in [2.05, 4.69) is 91.8 Å². The van der Waals surface area contributed by atoms with Gasteiger partial charge in [-0.25, -0.2) is 0 Å². The van der Waals surface area contributed by atoms with Gasteiger partial charge in [0.15, 0.2) is 0 Å². The molecule has 0 amide bonds. The van der Waals surface area contributed by atoms with Crippen molar-refractivity contribution in [2.75, 3.05) is 0 Å². The number of rotatable bonds is 2. The van der Waals surface area contributed by atoms with E-state index >= 15 is 0 Å². The van der Waals surface area contributed by atoms with Gasteiger partial charge in [0.2, 0.25) is 0 Å². The Hall–Kier alpha value is -0.357. The first-order valence-electron chi connectivity index (χ1n) is 9.96. The first-order valence-corrected chi connectivity index (χ1v) is 17.7. The van der Waals surface area contributed by atoms with Crippen LogP contribution in [0.3, 0.4) is 0 Å². The number of benzene rings is 2. The molecule has 3 heteroatoms. The van der Waals surface area contributed by atoms with Crippen molar-refractivity contribution in [3.63, 3.8) is 0 Å². The van der Waals surface area contributed by atoms with Gasteiger partial charge in [-0.2, -0.15) is 0 Å². The van der Waals surface area contributed by atoms with Crippen LogP contribution in [-0.2, 0) is 24.8 Å². The molecule has 0 radical (unpaired) electrons. The fourth-order valence-electron chi connectivity index (χ4n) is 4.39. The predicted molar refractivity (Wildman–Crippen MR) is 122 cm³/mol. The zero-order valence-corrected chi connectivity index (χ0v) is 22.3. The first-order chi connectivity index (χ1) is 12.8. The van der Waals surface area contributed by atoms with Crippen LogP contribution in [0.2, 0.25) is 0 Å². The minimum absolute atomic E-state index is 0.0549. The van der Waals surface area contributed by atoms with Crippen LogP contribution < -0.4 is 0 Å². The van der Waals surface area contributed by atoms with Crippen molar-refractivity contribution in [1.82, 2.24) is 0 Å². The normalized spacial score (nSPS) is 16.8. The molecule has 0 heterocycles. The number of fused-ring (bicyclic) bond motifs is 1. The summed E-state index contributed by atoms with van der Waals surface area (Å²) in [5.41, 5.74) is 10.8. The molecule has 28 heavy (non-hydrogen) atoms. The van der Waals surface area contributed by atoms with E-state index in [9.17, 15) is 0 Å². The topological polar surface area (TPSA) is 0 Å². The second kappa shape index (κ2) is 7.72. The molecule has 149 valence electrons. The van der Waals surface area contributed by atoms with Gasteiger partial charge in [-0.1, -0.05) is 0 Å². The number of hydrogen-bond donors (Lipinski definition) is 0. The van der Waals surface area contributed by atoms with Crippen LogP contribution in [0, 0.1) is 19.3 Å². The van der Waals surface area contributed by atoms with E-state index in [4.69, 9.17) is 17.0 Å². The molecule has 1 atom stereocenters. The van der Waals surface area contributed by atoms with Gasteiger partial charge in [-0.15, -0.1) is 0 Å². The van der Waals surface area contributed by atoms with E-state index < -0.39 is 19.4 Å². The quantitative estimate of drug-likeness (QED) is 0.393. The van der Waals surface area contributed by atoms with Crippen molar-refractivity contribution in [2.24, 2.45) is 5.41 Å². The van der Waals surface area contributed by atoms with Crippen molar-refractivity contribution < 1.29 is 19.4 Å². The Morgan fingerprint density at radius 2 is 1.39 bits per heavy atom. The van der Waals surface area contributed by atoms with Gasteiger partial charge in [0.05, 0.1) is 0 Å². The molecule has 0 saturated heterocycles. The summed E-state index contributed by atoms with van der Waals surface area (Å²) in [4.78, 5) is 0. The second-order valence-corrected chi connectivity index (χ2v) is 19.0. The van der Waals surface area contributed by atoms with Gasteiger partial charge in [-0.3, -0.25) is 0 Å². The molecule has 0 bridgehead atoms. The molecular formula is C25H31Cl2Zr. The minimum atomic E-state index is -2.55. The summed E-state index contributed by atoms with van der Waals surface area (Å²) in [6, 6.07) is 11.5. The molecule has 1 unspecified atom stereocenters. The molecular weight excluding hydrogens is 462 g/mol. The zero-order valence-electron chi connectivity index (χ0n) is 18.3. The van der Waals surface area contributed by atoms with Crippen molar-refractivity contribution in [2.45, 2.75) is 64.4 Å². The summed E-state index contributed by atoms with van der Waals surface area (Å²) in [7, 11) is 13.4. The molecule has 0 aromatic heterocycles. The van der Waals surface area contributed by atoms with Gasteiger partial charge < -0.3 is 0 Å². The monoisotopic (exact) mass is 491 g/mol. The maximum absolute atomic E-state index is 6.71. The van der Waals surface area contributed by atoms with Crippen LogP contribution in [0.1, 0.15) is 73.0 Å². The Kier molecular flexibility index (Phi) is 6.16. The third-order valence-corrected chi connectivity index (χ3v) is 10.8. The number of halogens is 2. The summed E-state index contributed by atoms with van der Waals surface area (Å²) >= 11 is -2.55. The molecule has 2 aromatic carbocycles. The maximum atomic E-state index is 6.71. The molecule has 2 aromatic rings. The van der Waals surface area contributed by atoms with Crippen LogP contribution in [0.15, 0.2) is 35.9 Å². The third-order valence-electron chi connectivity index (χ3n) is 5.60. The average Bonchev–Trinajstić information content (AvgIpc) is 2.91. The predicted octanol–water partition coefficient (Wildman–Crippen LogP) is 8.68. The Labute approximate surface area is 186 Å². The van der Waals surface area contributed by atoms with Crippen LogP contribution >= 0.6 is 17.0 Å². The molecule has 0 fully saturated rings. The Balaban J connectivity index is 2.40. The van der Waals surface area contributed by atoms with Crippen molar-refractivity contribution in [1.29, 1.82) is 0 Å². The molecule has 0 nitrogen and oxygen atoms in total. The number of aryl methyl sites for hydroxylation is 2. The molecule has 1 aliphatic rings. The van der Waals surface area contributed by atoms with E-state index in [1.807, 2.05) is 0 Å².